The molecule has 2 aliphatic heterocycles. The van der Waals surface area contributed by atoms with Crippen molar-refractivity contribution in [2.45, 2.75) is 19.3 Å². The Morgan fingerprint density at radius 3 is 2.12 bits per heavy atom. The van der Waals surface area contributed by atoms with E-state index in [2.05, 4.69) is 97.6 Å². The first-order chi connectivity index (χ1) is 19.4. The van der Waals surface area contributed by atoms with Crippen LogP contribution in [0.1, 0.15) is 50.1 Å². The Morgan fingerprint density at radius 1 is 0.725 bits per heavy atom. The third-order valence-electron chi connectivity index (χ3n) is 8.70. The van der Waals surface area contributed by atoms with Gasteiger partial charge in [-0.2, -0.15) is 0 Å². The fourth-order valence-electron chi connectivity index (χ4n) is 6.76. The fourth-order valence-corrected chi connectivity index (χ4v) is 9.45. The maximum absolute atomic E-state index is 13.2. The number of benzene rings is 4. The van der Waals surface area contributed by atoms with Crippen LogP contribution in [-0.2, 0) is 5.41 Å². The van der Waals surface area contributed by atoms with Gasteiger partial charge in [-0.1, -0.05) is 0 Å². The molecule has 4 aromatic carbocycles. The van der Waals surface area contributed by atoms with Gasteiger partial charge < -0.3 is 0 Å². The van der Waals surface area contributed by atoms with E-state index >= 15 is 0 Å². The molecule has 0 unspecified atom stereocenters. The predicted molar refractivity (Wildman–Crippen MR) is 164 cm³/mol. The second-order valence-corrected chi connectivity index (χ2v) is 13.5. The topological polar surface area (TPSA) is 37.4 Å². The second-order valence-electron chi connectivity index (χ2n) is 11.2. The minimum atomic E-state index is -0.223. The number of hydrogen-bond donors (Lipinski definition) is 0. The summed E-state index contributed by atoms with van der Waals surface area (Å²) >= 11 is -0.0770. The second kappa shape index (κ2) is 8.41. The molecule has 0 bridgehead atoms. The normalized spacial score (nSPS) is 15.9. The van der Waals surface area contributed by atoms with E-state index in [1.54, 1.807) is 12.1 Å². The molecule has 3 heterocycles. The summed E-state index contributed by atoms with van der Waals surface area (Å²) in [6.45, 7) is 4.76. The Labute approximate surface area is 239 Å². The van der Waals surface area contributed by atoms with Crippen molar-refractivity contribution in [2.24, 2.45) is 0 Å². The van der Waals surface area contributed by atoms with Gasteiger partial charge in [0.05, 0.1) is 0 Å². The molecule has 0 radical (unpaired) electrons. The Balaban J connectivity index is 1.35. The number of carbonyl (C=O) groups is 2. The summed E-state index contributed by atoms with van der Waals surface area (Å²) in [5, 5.41) is 0. The molecule has 5 aromatic rings. The molecule has 3 nitrogen and oxygen atoms in total. The summed E-state index contributed by atoms with van der Waals surface area (Å²) in [6.07, 6.45) is 1.87. The molecule has 40 heavy (non-hydrogen) atoms. The van der Waals surface area contributed by atoms with Crippen molar-refractivity contribution in [1.82, 2.24) is 0 Å². The van der Waals surface area contributed by atoms with Gasteiger partial charge in [-0.25, -0.2) is 0 Å². The summed E-state index contributed by atoms with van der Waals surface area (Å²) < 4.78 is 2.35. The van der Waals surface area contributed by atoms with Crippen molar-refractivity contribution in [3.8, 4) is 0 Å². The number of Topliss-reactive ketones (excluding diaryl/α,β-unsaturated/α-hetero) is 2. The Kier molecular flexibility index (Phi) is 4.98. The summed E-state index contributed by atoms with van der Waals surface area (Å²) in [5.41, 5.74) is 10.1. The molecule has 0 spiro atoms. The summed E-state index contributed by atoms with van der Waals surface area (Å²) in [7, 11) is 0. The van der Waals surface area contributed by atoms with E-state index in [9.17, 15) is 9.59 Å². The average Bonchev–Trinajstić information content (AvgIpc) is 3.51. The van der Waals surface area contributed by atoms with Crippen molar-refractivity contribution in [3.05, 3.63) is 135 Å². The van der Waals surface area contributed by atoms with Gasteiger partial charge in [0.1, 0.15) is 0 Å². The number of hydrogen-bond acceptors (Lipinski definition) is 3. The van der Waals surface area contributed by atoms with Crippen molar-refractivity contribution < 1.29 is 9.59 Å². The van der Waals surface area contributed by atoms with Crippen molar-refractivity contribution in [1.29, 1.82) is 0 Å². The molecule has 8 rings (SSSR count). The SMILES string of the molecule is CC1(C)c2cc(C=C3C(=O)c4ccccc4C3=O)[se]c2N2c3ccccc3B(c3ccccc3)c3cccc1c32. The number of nitrogens with zero attached hydrogens (tertiary/aromatic N) is 1. The van der Waals surface area contributed by atoms with E-state index in [-0.39, 0.29) is 43.8 Å². The summed E-state index contributed by atoms with van der Waals surface area (Å²) in [4.78, 5) is 28.9. The van der Waals surface area contributed by atoms with E-state index in [0.717, 1.165) is 4.44 Å². The van der Waals surface area contributed by atoms with Crippen LogP contribution in [-0.4, -0.2) is 32.8 Å². The third kappa shape index (κ3) is 3.13. The summed E-state index contributed by atoms with van der Waals surface area (Å²) in [5.74, 6) is -0.331. The molecule has 0 fully saturated rings. The van der Waals surface area contributed by atoms with Gasteiger partial charge in [-0.3, -0.25) is 0 Å². The van der Waals surface area contributed by atoms with E-state index < -0.39 is 0 Å². The fraction of sp³-hybridized carbons (Fsp3) is 0.0857. The van der Waals surface area contributed by atoms with Gasteiger partial charge in [0.15, 0.2) is 0 Å². The van der Waals surface area contributed by atoms with Crippen molar-refractivity contribution >= 4 is 71.2 Å². The van der Waals surface area contributed by atoms with E-state index in [1.807, 2.05) is 18.2 Å². The molecule has 0 N–H and O–H groups in total. The first-order valence-electron chi connectivity index (χ1n) is 13.6. The van der Waals surface area contributed by atoms with Gasteiger partial charge >= 0.3 is 240 Å². The molecular formula is C35H24BNO2Se. The van der Waals surface area contributed by atoms with Crippen LogP contribution >= 0.6 is 0 Å². The Hall–Kier alpha value is -4.18. The molecule has 190 valence electrons. The van der Waals surface area contributed by atoms with Crippen molar-refractivity contribution in [3.63, 3.8) is 0 Å². The van der Waals surface area contributed by atoms with E-state index in [0.29, 0.717) is 11.1 Å². The molecular weight excluding hydrogens is 556 g/mol. The van der Waals surface area contributed by atoms with Crippen LogP contribution in [0.5, 0.6) is 0 Å². The van der Waals surface area contributed by atoms with Gasteiger partial charge in [0.2, 0.25) is 0 Å². The van der Waals surface area contributed by atoms with Crippen molar-refractivity contribution in [2.75, 3.05) is 4.90 Å². The van der Waals surface area contributed by atoms with Crippen LogP contribution in [0.2, 0.25) is 0 Å². The minimum absolute atomic E-state index is 0.0770. The molecule has 0 saturated carbocycles. The van der Waals surface area contributed by atoms with E-state index in [4.69, 9.17) is 0 Å². The number of para-hydroxylation sites is 2. The molecule has 1 aliphatic carbocycles. The quantitative estimate of drug-likeness (QED) is 0.162. The first kappa shape index (κ1) is 23.7. The first-order valence-corrected chi connectivity index (χ1v) is 15.3. The Bertz CT molecular complexity index is 1900. The van der Waals surface area contributed by atoms with Gasteiger partial charge in [-0.05, 0) is 0 Å². The van der Waals surface area contributed by atoms with Crippen LogP contribution in [0.3, 0.4) is 0 Å². The molecule has 5 heteroatoms. The zero-order chi connectivity index (χ0) is 27.2. The van der Waals surface area contributed by atoms with Crippen LogP contribution in [0.25, 0.3) is 6.08 Å². The molecule has 3 aliphatic rings. The molecule has 0 saturated heterocycles. The maximum atomic E-state index is 13.2. The average molecular weight is 580 g/mol. The van der Waals surface area contributed by atoms with Crippen LogP contribution in [0.15, 0.2) is 109 Å². The molecule has 0 atom stereocenters. The van der Waals surface area contributed by atoms with Crippen LogP contribution < -0.4 is 21.3 Å². The van der Waals surface area contributed by atoms with Gasteiger partial charge in [0, 0.05) is 0 Å². The number of ketones is 2. The van der Waals surface area contributed by atoms with Crippen LogP contribution in [0.4, 0.5) is 15.9 Å². The summed E-state index contributed by atoms with van der Waals surface area (Å²) in [6, 6.07) is 35.7. The number of rotatable bonds is 2. The molecule has 1 aromatic heterocycles. The Morgan fingerprint density at radius 2 is 1.38 bits per heavy atom. The number of carbonyl (C=O) groups excluding carboxylic acids is 2. The standard InChI is InChI=1S/C35H24BNO2Se/c1-35(2)26-15-10-17-29-31(26)37(30-18-9-8-16-28(30)36(29)21-11-4-3-5-12-21)34-27(35)20-22(40-34)19-25-32(38)23-13-6-7-14-24(23)33(25)39/h3-20H,1-2H3. The number of allylic oxidation sites excluding steroid dienone is 1. The van der Waals surface area contributed by atoms with Gasteiger partial charge in [-0.15, -0.1) is 0 Å². The monoisotopic (exact) mass is 581 g/mol. The molecule has 0 amide bonds. The zero-order valence-corrected chi connectivity index (χ0v) is 23.9. The predicted octanol–water partition coefficient (Wildman–Crippen LogP) is 5.14. The van der Waals surface area contributed by atoms with Crippen LogP contribution in [0, 0.1) is 0 Å². The number of anilines is 3. The van der Waals surface area contributed by atoms with Gasteiger partial charge in [0.25, 0.3) is 0 Å². The van der Waals surface area contributed by atoms with E-state index in [1.165, 1.54) is 43.5 Å². The number of fused-ring (bicyclic) bond motifs is 5. The zero-order valence-electron chi connectivity index (χ0n) is 22.1. The third-order valence-corrected chi connectivity index (χ3v) is 10.9.